The van der Waals surface area contributed by atoms with E-state index in [1.165, 1.54) is 129 Å². The van der Waals surface area contributed by atoms with Gasteiger partial charge in [0.2, 0.25) is 0 Å². The van der Waals surface area contributed by atoms with Gasteiger partial charge in [0.25, 0.3) is 0 Å². The van der Waals surface area contributed by atoms with Gasteiger partial charge in [-0.15, -0.1) is 0 Å². The molecule has 7 rings (SSSR count). The van der Waals surface area contributed by atoms with E-state index in [9.17, 15) is 0 Å². The summed E-state index contributed by atoms with van der Waals surface area (Å²) < 4.78 is 0. The Morgan fingerprint density at radius 1 is 0.339 bits per heavy atom. The maximum Gasteiger partial charge on any atom is 0.0540 e. The van der Waals surface area contributed by atoms with Gasteiger partial charge in [-0.25, -0.2) is 0 Å². The van der Waals surface area contributed by atoms with Gasteiger partial charge < -0.3 is 14.7 Å². The van der Waals surface area contributed by atoms with Gasteiger partial charge in [-0.05, 0) is 140 Å². The van der Waals surface area contributed by atoms with Gasteiger partial charge >= 0.3 is 0 Å². The first-order chi connectivity index (χ1) is 30.5. The molecule has 322 valence electrons. The Balaban J connectivity index is 1.16. The van der Waals surface area contributed by atoms with Crippen LogP contribution in [0.25, 0.3) is 21.5 Å². The molecule has 3 heteroatoms. The highest BCUT2D eigenvalue weighted by Crippen LogP contribution is 2.43. The lowest BCUT2D eigenvalue weighted by Gasteiger charge is -2.29. The summed E-state index contributed by atoms with van der Waals surface area (Å²) >= 11 is 0. The highest BCUT2D eigenvalue weighted by Gasteiger charge is 2.20. The van der Waals surface area contributed by atoms with E-state index in [1.54, 1.807) is 0 Å². The van der Waals surface area contributed by atoms with Crippen molar-refractivity contribution >= 4 is 50.0 Å². The summed E-state index contributed by atoms with van der Waals surface area (Å²) in [4.78, 5) is 7.66. The molecule has 0 aliphatic heterocycles. The van der Waals surface area contributed by atoms with Crippen molar-refractivity contribution in [3.63, 3.8) is 0 Å². The first-order valence-corrected chi connectivity index (χ1v) is 24.1. The van der Waals surface area contributed by atoms with Crippen molar-refractivity contribution in [1.82, 2.24) is 0 Å². The molecule has 0 heterocycles. The number of anilines is 5. The Morgan fingerprint density at radius 2 is 0.694 bits per heavy atom. The van der Waals surface area contributed by atoms with Crippen LogP contribution in [0.15, 0.2) is 146 Å². The zero-order valence-corrected chi connectivity index (χ0v) is 38.5. The van der Waals surface area contributed by atoms with Gasteiger partial charge in [0.1, 0.15) is 0 Å². The quantitative estimate of drug-likeness (QED) is 0.0636. The van der Waals surface area contributed by atoms with Crippen molar-refractivity contribution in [2.75, 3.05) is 40.9 Å². The summed E-state index contributed by atoms with van der Waals surface area (Å²) in [5.41, 5.74) is 13.2. The molecule has 0 atom stereocenters. The topological polar surface area (TPSA) is 9.72 Å². The average Bonchev–Trinajstić information content (AvgIpc) is 3.32. The number of nitrogens with zero attached hydrogens (tertiary/aromatic N) is 3. The van der Waals surface area contributed by atoms with Gasteiger partial charge in [-0.2, -0.15) is 0 Å². The van der Waals surface area contributed by atoms with Gasteiger partial charge in [0, 0.05) is 54.0 Å². The first kappa shape index (κ1) is 44.5. The van der Waals surface area contributed by atoms with Gasteiger partial charge in [0.15, 0.2) is 0 Å². The summed E-state index contributed by atoms with van der Waals surface area (Å²) in [6.45, 7) is 15.9. The van der Waals surface area contributed by atoms with Crippen LogP contribution in [0, 0.1) is 6.92 Å². The van der Waals surface area contributed by atoms with Gasteiger partial charge in [-0.1, -0.05) is 156 Å². The van der Waals surface area contributed by atoms with Crippen molar-refractivity contribution < 1.29 is 0 Å². The molecule has 0 fully saturated rings. The largest absolute Gasteiger partial charge is 0.372 e. The third-order valence-corrected chi connectivity index (χ3v) is 12.9. The molecule has 0 amide bonds. The Hall–Kier alpha value is -5.54. The number of benzene rings is 7. The molecule has 7 aromatic rings. The molecule has 0 N–H and O–H groups in total. The van der Waals surface area contributed by atoms with Crippen LogP contribution in [0.5, 0.6) is 0 Å². The van der Waals surface area contributed by atoms with Crippen molar-refractivity contribution in [3.8, 4) is 0 Å². The van der Waals surface area contributed by atoms with Crippen molar-refractivity contribution in [2.45, 2.75) is 112 Å². The molecule has 0 radical (unpaired) electrons. The second-order valence-electron chi connectivity index (χ2n) is 17.5. The smallest absolute Gasteiger partial charge is 0.0540 e. The van der Waals surface area contributed by atoms with Gasteiger partial charge in [0.05, 0.1) is 11.4 Å². The highest BCUT2D eigenvalue weighted by molar-refractivity contribution is 6.06. The second kappa shape index (κ2) is 22.5. The Morgan fingerprint density at radius 3 is 1.06 bits per heavy atom. The van der Waals surface area contributed by atoms with Crippen molar-refractivity contribution in [2.24, 2.45) is 0 Å². The summed E-state index contributed by atoms with van der Waals surface area (Å²) in [5.74, 6) is 0. The molecular weight excluding hydrogens is 751 g/mol. The number of hydrogen-bond acceptors (Lipinski definition) is 3. The predicted octanol–water partition coefficient (Wildman–Crippen LogP) is 16.2. The van der Waals surface area contributed by atoms with Crippen LogP contribution in [-0.4, -0.2) is 26.2 Å². The fraction of sp³-hybridized carbons (Fsp3) is 0.356. The molecule has 3 nitrogen and oxygen atoms in total. The monoisotopic (exact) mass is 822 g/mol. The van der Waals surface area contributed by atoms with Crippen LogP contribution < -0.4 is 14.7 Å². The van der Waals surface area contributed by atoms with Crippen LogP contribution in [0.4, 0.5) is 28.4 Å². The van der Waals surface area contributed by atoms with E-state index in [0.717, 1.165) is 51.9 Å². The molecule has 0 aliphatic carbocycles. The minimum absolute atomic E-state index is 0.996. The van der Waals surface area contributed by atoms with E-state index in [2.05, 4.69) is 195 Å². The standard InChI is InChI=1S/C59H71N3/c1-6-10-42-60(43-11-7-2)51-36-26-47(27-37-51)24-30-49-32-40-58(56-20-16-14-18-54(49)56)62(53-34-22-46(5)23-35-53)59-41-33-50(55-19-15-17-21-57(55)59)31-25-48-28-38-52(39-29-48)61(44-12-8-3)45-13-9-4/h14-23,26-29,32-41H,6-13,24-25,30-31,42-45H2,1-5H3. The van der Waals surface area contributed by atoms with Crippen LogP contribution >= 0.6 is 0 Å². The number of aryl methyl sites for hydroxylation is 5. The summed E-state index contributed by atoms with van der Waals surface area (Å²) in [6, 6.07) is 55.5. The number of fused-ring (bicyclic) bond motifs is 2. The summed E-state index contributed by atoms with van der Waals surface area (Å²) in [7, 11) is 0. The number of rotatable bonds is 23. The Labute approximate surface area is 374 Å². The minimum atomic E-state index is 0.996. The van der Waals surface area contributed by atoms with E-state index in [-0.39, 0.29) is 0 Å². The highest BCUT2D eigenvalue weighted by atomic mass is 15.1. The normalized spacial score (nSPS) is 11.4. The molecule has 62 heavy (non-hydrogen) atoms. The third-order valence-electron chi connectivity index (χ3n) is 12.9. The lowest BCUT2D eigenvalue weighted by Crippen LogP contribution is -2.25. The fourth-order valence-electron chi connectivity index (χ4n) is 9.06. The molecule has 0 unspecified atom stereocenters. The SMILES string of the molecule is CCCCN(CCCC)c1ccc(CCc2ccc(N(c3ccc(C)cc3)c3ccc(CCc4ccc(N(CCCC)CCCC)cc4)c4ccccc34)c3ccccc23)cc1. The maximum absolute atomic E-state index is 2.58. The molecule has 7 aromatic carbocycles. The Bertz CT molecular complexity index is 2260. The lowest BCUT2D eigenvalue weighted by atomic mass is 9.95. The van der Waals surface area contributed by atoms with E-state index >= 15 is 0 Å². The number of hydrogen-bond donors (Lipinski definition) is 0. The van der Waals surface area contributed by atoms with Crippen LogP contribution in [0.2, 0.25) is 0 Å². The molecule has 0 aliphatic rings. The third kappa shape index (κ3) is 11.1. The second-order valence-corrected chi connectivity index (χ2v) is 17.5. The molecule has 0 saturated heterocycles. The van der Waals surface area contributed by atoms with E-state index < -0.39 is 0 Å². The maximum atomic E-state index is 2.58. The lowest BCUT2D eigenvalue weighted by molar-refractivity contribution is 0.678. The van der Waals surface area contributed by atoms with Crippen LogP contribution in [0.3, 0.4) is 0 Å². The minimum Gasteiger partial charge on any atom is -0.372 e. The average molecular weight is 822 g/mol. The fourth-order valence-corrected chi connectivity index (χ4v) is 9.06. The van der Waals surface area contributed by atoms with E-state index in [0.29, 0.717) is 0 Å². The summed E-state index contributed by atoms with van der Waals surface area (Å²) in [5, 5.41) is 5.22. The molecule has 0 saturated carbocycles. The zero-order chi connectivity index (χ0) is 43.1. The van der Waals surface area contributed by atoms with E-state index in [1.807, 2.05) is 0 Å². The molecular formula is C59H71N3. The summed E-state index contributed by atoms with van der Waals surface area (Å²) in [6.07, 6.45) is 13.9. The van der Waals surface area contributed by atoms with Crippen LogP contribution in [0.1, 0.15) is 107 Å². The molecule has 0 spiro atoms. The Kier molecular flexibility index (Phi) is 16.2. The number of unbranched alkanes of at least 4 members (excludes halogenated alkanes) is 4. The molecule has 0 bridgehead atoms. The zero-order valence-electron chi connectivity index (χ0n) is 38.5. The van der Waals surface area contributed by atoms with E-state index in [4.69, 9.17) is 0 Å². The van der Waals surface area contributed by atoms with Gasteiger partial charge in [-0.3, -0.25) is 0 Å². The first-order valence-electron chi connectivity index (χ1n) is 24.1. The van der Waals surface area contributed by atoms with Crippen molar-refractivity contribution in [3.05, 3.63) is 173 Å². The van der Waals surface area contributed by atoms with Crippen LogP contribution in [-0.2, 0) is 25.7 Å². The molecule has 0 aromatic heterocycles. The van der Waals surface area contributed by atoms with Crippen molar-refractivity contribution in [1.29, 1.82) is 0 Å². The predicted molar refractivity (Wildman–Crippen MR) is 273 cm³/mol.